The van der Waals surface area contributed by atoms with Gasteiger partial charge in [-0.25, -0.2) is 4.79 Å². The van der Waals surface area contributed by atoms with E-state index in [1.165, 1.54) is 11.1 Å². The molecule has 0 spiro atoms. The number of ether oxygens (including phenoxy) is 1. The third-order valence-electron chi connectivity index (χ3n) is 6.77. The predicted octanol–water partition coefficient (Wildman–Crippen LogP) is 6.28. The molecule has 4 rings (SSSR count). The van der Waals surface area contributed by atoms with E-state index in [4.69, 9.17) is 4.74 Å². The summed E-state index contributed by atoms with van der Waals surface area (Å²) in [6.45, 7) is 6.77. The zero-order valence-corrected chi connectivity index (χ0v) is 21.7. The van der Waals surface area contributed by atoms with Gasteiger partial charge in [-0.1, -0.05) is 91.0 Å². The monoisotopic (exact) mass is 494 g/mol. The molecule has 0 aliphatic heterocycles. The summed E-state index contributed by atoms with van der Waals surface area (Å²) in [7, 11) is 0. The fourth-order valence-electron chi connectivity index (χ4n) is 4.97. The summed E-state index contributed by atoms with van der Waals surface area (Å²) in [6, 6.07) is 30.6. The van der Waals surface area contributed by atoms with Crippen molar-refractivity contribution < 1.29 is 14.3 Å². The first-order valence-electron chi connectivity index (χ1n) is 12.8. The van der Waals surface area contributed by atoms with Gasteiger partial charge in [-0.15, -0.1) is 0 Å². The topological polar surface area (TPSA) is 60.3 Å². The van der Waals surface area contributed by atoms with Gasteiger partial charge in [0, 0.05) is 24.7 Å². The molecule has 0 bridgehead atoms. The van der Waals surface area contributed by atoms with E-state index in [1.54, 1.807) is 6.92 Å². The quantitative estimate of drug-likeness (QED) is 0.264. The standard InChI is InChI=1S/C32H34N2O3/c1-4-37-32(36)30-23(2)29(24(3)34(30)22-25-14-8-5-9-15-25)31(35)33-21-20-28(26-16-10-6-11-17-26)27-18-12-7-13-19-27/h5-19,28H,4,20-22H2,1-3H3,(H,33,35). The number of amides is 1. The minimum atomic E-state index is -0.411. The number of hydrogen-bond acceptors (Lipinski definition) is 3. The van der Waals surface area contributed by atoms with Gasteiger partial charge in [-0.3, -0.25) is 4.79 Å². The van der Waals surface area contributed by atoms with Gasteiger partial charge in [0.1, 0.15) is 5.69 Å². The lowest BCUT2D eigenvalue weighted by molar-refractivity contribution is 0.0513. The van der Waals surface area contributed by atoms with Crippen LogP contribution in [0.4, 0.5) is 0 Å². The highest BCUT2D eigenvalue weighted by atomic mass is 16.5. The zero-order chi connectivity index (χ0) is 26.2. The first kappa shape index (κ1) is 26.0. The van der Waals surface area contributed by atoms with E-state index >= 15 is 0 Å². The number of carbonyl (C=O) groups is 2. The molecular weight excluding hydrogens is 460 g/mol. The number of benzene rings is 3. The van der Waals surface area contributed by atoms with Gasteiger partial charge >= 0.3 is 5.97 Å². The van der Waals surface area contributed by atoms with E-state index in [9.17, 15) is 9.59 Å². The van der Waals surface area contributed by atoms with E-state index in [0.29, 0.717) is 29.9 Å². The highest BCUT2D eigenvalue weighted by molar-refractivity contribution is 6.01. The Labute approximate surface area is 219 Å². The van der Waals surface area contributed by atoms with E-state index in [-0.39, 0.29) is 18.4 Å². The van der Waals surface area contributed by atoms with E-state index < -0.39 is 5.97 Å². The van der Waals surface area contributed by atoms with Gasteiger partial charge in [0.25, 0.3) is 5.91 Å². The molecule has 0 fully saturated rings. The Morgan fingerprint density at radius 2 is 1.38 bits per heavy atom. The molecule has 1 N–H and O–H groups in total. The molecule has 3 aromatic carbocycles. The van der Waals surface area contributed by atoms with Crippen LogP contribution in [0.25, 0.3) is 0 Å². The van der Waals surface area contributed by atoms with Crippen LogP contribution in [0.2, 0.25) is 0 Å². The highest BCUT2D eigenvalue weighted by Crippen LogP contribution is 2.28. The number of esters is 1. The molecule has 190 valence electrons. The third-order valence-corrected chi connectivity index (χ3v) is 6.77. The molecule has 5 nitrogen and oxygen atoms in total. The maximum Gasteiger partial charge on any atom is 0.355 e. The van der Waals surface area contributed by atoms with Gasteiger partial charge in [0.15, 0.2) is 0 Å². The molecule has 1 amide bonds. The summed E-state index contributed by atoms with van der Waals surface area (Å²) < 4.78 is 7.25. The van der Waals surface area contributed by atoms with Crippen molar-refractivity contribution in [3.8, 4) is 0 Å². The Morgan fingerprint density at radius 1 is 0.838 bits per heavy atom. The molecule has 1 heterocycles. The molecule has 0 radical (unpaired) electrons. The molecule has 0 aliphatic carbocycles. The molecule has 1 aromatic heterocycles. The Hall–Kier alpha value is -4.12. The molecule has 37 heavy (non-hydrogen) atoms. The lowest BCUT2D eigenvalue weighted by atomic mass is 9.88. The molecule has 0 atom stereocenters. The number of rotatable bonds is 10. The van der Waals surface area contributed by atoms with E-state index in [1.807, 2.05) is 85.1 Å². The summed E-state index contributed by atoms with van der Waals surface area (Å²) in [5, 5.41) is 3.12. The number of aromatic nitrogens is 1. The van der Waals surface area contributed by atoms with Crippen LogP contribution in [-0.2, 0) is 11.3 Å². The zero-order valence-electron chi connectivity index (χ0n) is 21.7. The van der Waals surface area contributed by atoms with Crippen LogP contribution in [0.1, 0.15) is 68.1 Å². The van der Waals surface area contributed by atoms with Crippen LogP contribution < -0.4 is 5.32 Å². The van der Waals surface area contributed by atoms with Gasteiger partial charge in [0.2, 0.25) is 0 Å². The first-order chi connectivity index (χ1) is 18.0. The second-order valence-electron chi connectivity index (χ2n) is 9.14. The van der Waals surface area contributed by atoms with Crippen molar-refractivity contribution >= 4 is 11.9 Å². The SMILES string of the molecule is CCOC(=O)c1c(C)c(C(=O)NCCC(c2ccccc2)c2ccccc2)c(C)n1Cc1ccccc1. The van der Waals surface area contributed by atoms with Crippen molar-refractivity contribution in [2.24, 2.45) is 0 Å². The van der Waals surface area contributed by atoms with Gasteiger partial charge < -0.3 is 14.6 Å². The largest absolute Gasteiger partial charge is 0.461 e. The van der Waals surface area contributed by atoms with E-state index in [0.717, 1.165) is 17.7 Å². The molecule has 5 heteroatoms. The summed E-state index contributed by atoms with van der Waals surface area (Å²) in [5.74, 6) is -0.416. The van der Waals surface area contributed by atoms with Gasteiger partial charge in [-0.2, -0.15) is 0 Å². The first-order valence-corrected chi connectivity index (χ1v) is 12.8. The molecule has 4 aromatic rings. The van der Waals surface area contributed by atoms with Crippen LogP contribution in [0, 0.1) is 13.8 Å². The van der Waals surface area contributed by atoms with Crippen molar-refractivity contribution in [2.75, 3.05) is 13.2 Å². The molecule has 0 unspecified atom stereocenters. The molecule has 0 aliphatic rings. The van der Waals surface area contributed by atoms with Crippen LogP contribution >= 0.6 is 0 Å². The second kappa shape index (κ2) is 12.2. The predicted molar refractivity (Wildman–Crippen MR) is 147 cm³/mol. The normalized spacial score (nSPS) is 10.9. The number of nitrogens with one attached hydrogen (secondary N) is 1. The molecule has 0 saturated carbocycles. The highest BCUT2D eigenvalue weighted by Gasteiger charge is 2.27. The van der Waals surface area contributed by atoms with Crippen LogP contribution in [-0.4, -0.2) is 29.6 Å². The Bertz CT molecular complexity index is 1290. The maximum absolute atomic E-state index is 13.5. The Morgan fingerprint density at radius 3 is 1.92 bits per heavy atom. The minimum Gasteiger partial charge on any atom is -0.461 e. The minimum absolute atomic E-state index is 0.169. The lowest BCUT2D eigenvalue weighted by Gasteiger charge is -2.18. The van der Waals surface area contributed by atoms with Crippen molar-refractivity contribution in [2.45, 2.75) is 39.7 Å². The fourth-order valence-corrected chi connectivity index (χ4v) is 4.97. The second-order valence-corrected chi connectivity index (χ2v) is 9.14. The average Bonchev–Trinajstić information content (AvgIpc) is 3.17. The smallest absolute Gasteiger partial charge is 0.355 e. The lowest BCUT2D eigenvalue weighted by Crippen LogP contribution is -2.27. The van der Waals surface area contributed by atoms with E-state index in [2.05, 4.69) is 29.6 Å². The Kier molecular flexibility index (Phi) is 8.57. The Balaban J connectivity index is 1.57. The number of carbonyl (C=O) groups excluding carboxylic acids is 2. The average molecular weight is 495 g/mol. The van der Waals surface area contributed by atoms with Crippen molar-refractivity contribution in [3.05, 3.63) is 130 Å². The maximum atomic E-state index is 13.5. The number of hydrogen-bond donors (Lipinski definition) is 1. The van der Waals surface area contributed by atoms with Crippen molar-refractivity contribution in [3.63, 3.8) is 0 Å². The molecule has 0 saturated heterocycles. The van der Waals surface area contributed by atoms with Gasteiger partial charge in [-0.05, 0) is 49.4 Å². The molecular formula is C32H34N2O3. The van der Waals surface area contributed by atoms with Crippen LogP contribution in [0.5, 0.6) is 0 Å². The summed E-state index contributed by atoms with van der Waals surface area (Å²) in [4.78, 5) is 26.4. The van der Waals surface area contributed by atoms with Crippen molar-refractivity contribution in [1.82, 2.24) is 9.88 Å². The summed E-state index contributed by atoms with van der Waals surface area (Å²) in [6.07, 6.45) is 0.757. The van der Waals surface area contributed by atoms with Crippen LogP contribution in [0.15, 0.2) is 91.0 Å². The summed E-state index contributed by atoms with van der Waals surface area (Å²) in [5.41, 5.74) is 5.85. The fraction of sp³-hybridized carbons (Fsp3) is 0.250. The summed E-state index contributed by atoms with van der Waals surface area (Å²) >= 11 is 0. The van der Waals surface area contributed by atoms with Crippen LogP contribution in [0.3, 0.4) is 0 Å². The number of nitrogens with zero attached hydrogens (tertiary/aromatic N) is 1. The van der Waals surface area contributed by atoms with Crippen molar-refractivity contribution in [1.29, 1.82) is 0 Å². The van der Waals surface area contributed by atoms with Gasteiger partial charge in [0.05, 0.1) is 12.2 Å². The third kappa shape index (κ3) is 6.00.